The van der Waals surface area contributed by atoms with E-state index in [9.17, 15) is 26.4 Å². The van der Waals surface area contributed by atoms with Crippen LogP contribution in [0.3, 0.4) is 0 Å². The molecule has 0 saturated heterocycles. The van der Waals surface area contributed by atoms with Crippen LogP contribution in [0.4, 0.5) is 13.2 Å². The van der Waals surface area contributed by atoms with Gasteiger partial charge in [-0.2, -0.15) is 4.52 Å². The lowest BCUT2D eigenvalue weighted by molar-refractivity contribution is -0.274. The summed E-state index contributed by atoms with van der Waals surface area (Å²) in [6.45, 7) is -0.276. The molecule has 4 aromatic rings. The van der Waals surface area contributed by atoms with Gasteiger partial charge in [0.25, 0.3) is 0 Å². The average Bonchev–Trinajstić information content (AvgIpc) is 3.30. The van der Waals surface area contributed by atoms with Gasteiger partial charge in [0.15, 0.2) is 0 Å². The first-order valence-electron chi connectivity index (χ1n) is 9.69. The number of fused-ring (bicyclic) bond motifs is 1. The monoisotopic (exact) mass is 546 g/mol. The van der Waals surface area contributed by atoms with Gasteiger partial charge in [-0.3, -0.25) is 4.79 Å². The van der Waals surface area contributed by atoms with Crippen molar-refractivity contribution < 1.29 is 45.0 Å². The Morgan fingerprint density at radius 1 is 1.17 bits per heavy atom. The fourth-order valence-corrected chi connectivity index (χ4v) is 3.50. The van der Waals surface area contributed by atoms with Crippen LogP contribution in [0, 0.1) is 0 Å². The first-order chi connectivity index (χ1) is 16.9. The molecule has 2 aromatic carbocycles. The smallest absolute Gasteiger partial charge is 0.487 e. The van der Waals surface area contributed by atoms with Gasteiger partial charge in [0, 0.05) is 6.07 Å². The van der Waals surface area contributed by atoms with E-state index in [1.165, 1.54) is 0 Å². The molecule has 16 heteroatoms. The number of para-hydroxylation sites is 1. The van der Waals surface area contributed by atoms with Crippen molar-refractivity contribution in [2.75, 3.05) is 6.26 Å². The number of ether oxygens (including phenoxy) is 3. The van der Waals surface area contributed by atoms with Crippen molar-refractivity contribution in [1.29, 1.82) is 0 Å². The molecule has 0 saturated carbocycles. The number of halogens is 4. The fourth-order valence-electron chi connectivity index (χ4n) is 2.86. The van der Waals surface area contributed by atoms with Crippen LogP contribution in [0.1, 0.15) is 16.2 Å². The molecule has 2 heterocycles. The van der Waals surface area contributed by atoms with Crippen LogP contribution < -0.4 is 18.9 Å². The number of aromatic nitrogens is 3. The van der Waals surface area contributed by atoms with E-state index in [-0.39, 0.29) is 34.9 Å². The SMILES string of the molecule is CS(=O)(=O)NC(=O)c1oc2nc(Oc3ccc(OC(F)(F)F)c(Cl)c3)nn2c1COc1ccccc1. The van der Waals surface area contributed by atoms with Crippen LogP contribution in [0.2, 0.25) is 5.02 Å². The van der Waals surface area contributed by atoms with Crippen LogP contribution >= 0.6 is 11.6 Å². The van der Waals surface area contributed by atoms with E-state index in [1.807, 2.05) is 0 Å². The molecule has 11 nitrogen and oxygen atoms in total. The summed E-state index contributed by atoms with van der Waals surface area (Å²) in [5.74, 6) is -1.97. The molecule has 0 bridgehead atoms. The number of hydrogen-bond acceptors (Lipinski definition) is 9. The van der Waals surface area contributed by atoms with Gasteiger partial charge >= 0.3 is 24.1 Å². The zero-order valence-corrected chi connectivity index (χ0v) is 19.5. The molecule has 0 fully saturated rings. The molecule has 2 aromatic heterocycles. The zero-order valence-electron chi connectivity index (χ0n) is 17.9. The third-order valence-electron chi connectivity index (χ3n) is 4.21. The second-order valence-corrected chi connectivity index (χ2v) is 9.17. The highest BCUT2D eigenvalue weighted by atomic mass is 35.5. The summed E-state index contributed by atoms with van der Waals surface area (Å²) < 4.78 is 83.3. The first-order valence-corrected chi connectivity index (χ1v) is 12.0. The van der Waals surface area contributed by atoms with E-state index >= 15 is 0 Å². The van der Waals surface area contributed by atoms with Gasteiger partial charge in [-0.15, -0.1) is 23.3 Å². The summed E-state index contributed by atoms with van der Waals surface area (Å²) in [6.07, 6.45) is -4.14. The van der Waals surface area contributed by atoms with Gasteiger partial charge in [0.2, 0.25) is 15.8 Å². The Bertz CT molecular complexity index is 1520. The normalized spacial score (nSPS) is 11.9. The van der Waals surface area contributed by atoms with Crippen LogP contribution in [0.15, 0.2) is 52.9 Å². The first kappa shape index (κ1) is 25.1. The standard InChI is InChI=1S/C20H14ClF3N4O7S/c1-36(30,31)27-17(29)16-14(10-32-11-5-3-2-4-6-11)28-19(34-16)25-18(26-28)33-12-7-8-15(13(21)9-12)35-20(22,23)24/h2-9H,10H2,1H3,(H,27,29). The molecule has 0 aliphatic carbocycles. The summed E-state index contributed by atoms with van der Waals surface area (Å²) in [4.78, 5) is 16.4. The summed E-state index contributed by atoms with van der Waals surface area (Å²) >= 11 is 5.81. The molecule has 0 unspecified atom stereocenters. The van der Waals surface area contributed by atoms with Crippen molar-refractivity contribution in [2.45, 2.75) is 13.0 Å². The van der Waals surface area contributed by atoms with E-state index in [0.717, 1.165) is 29.0 Å². The number of alkyl halides is 3. The molecule has 0 atom stereocenters. The van der Waals surface area contributed by atoms with Gasteiger partial charge in [-0.05, 0) is 24.3 Å². The average molecular weight is 547 g/mol. The molecule has 36 heavy (non-hydrogen) atoms. The molecule has 1 N–H and O–H groups in total. The van der Waals surface area contributed by atoms with Crippen molar-refractivity contribution in [3.63, 3.8) is 0 Å². The highest BCUT2D eigenvalue weighted by Gasteiger charge is 2.32. The van der Waals surface area contributed by atoms with Crippen molar-refractivity contribution in [3.05, 3.63) is 65.0 Å². The Hall–Kier alpha value is -3.98. The molecule has 1 amide bonds. The third kappa shape index (κ3) is 6.17. The molecular formula is C20H14ClF3N4O7S. The van der Waals surface area contributed by atoms with Crippen molar-refractivity contribution >= 4 is 33.4 Å². The zero-order chi connectivity index (χ0) is 26.1. The maximum Gasteiger partial charge on any atom is 0.573 e. The van der Waals surface area contributed by atoms with Crippen LogP contribution in [0.25, 0.3) is 5.84 Å². The second-order valence-electron chi connectivity index (χ2n) is 7.01. The number of carbonyl (C=O) groups excluding carboxylic acids is 1. The van der Waals surface area contributed by atoms with Gasteiger partial charge in [0.05, 0.1) is 11.3 Å². The minimum atomic E-state index is -4.93. The van der Waals surface area contributed by atoms with E-state index in [2.05, 4.69) is 14.8 Å². The third-order valence-corrected chi connectivity index (χ3v) is 5.06. The number of hydrogen-bond donors (Lipinski definition) is 1. The quantitative estimate of drug-likeness (QED) is 0.349. The Morgan fingerprint density at radius 3 is 2.53 bits per heavy atom. The predicted molar refractivity (Wildman–Crippen MR) is 117 cm³/mol. The van der Waals surface area contributed by atoms with Gasteiger partial charge < -0.3 is 18.6 Å². The molecule has 0 aliphatic rings. The summed E-state index contributed by atoms with van der Waals surface area (Å²) in [5.41, 5.74) is 0.00399. The molecule has 190 valence electrons. The number of oxazole rings is 1. The molecule has 4 rings (SSSR count). The minimum Gasteiger partial charge on any atom is -0.487 e. The lowest BCUT2D eigenvalue weighted by Crippen LogP contribution is -2.30. The number of nitrogens with one attached hydrogen (secondary N) is 1. The lowest BCUT2D eigenvalue weighted by Gasteiger charge is -2.11. The minimum absolute atomic E-state index is 0.00399. The van der Waals surface area contributed by atoms with Crippen molar-refractivity contribution in [2.24, 2.45) is 0 Å². The number of sulfonamides is 1. The van der Waals surface area contributed by atoms with Gasteiger partial charge in [-0.1, -0.05) is 29.8 Å². The molecular weight excluding hydrogens is 533 g/mol. The van der Waals surface area contributed by atoms with Crippen LogP contribution in [-0.2, 0) is 16.6 Å². The van der Waals surface area contributed by atoms with Gasteiger partial charge in [0.1, 0.15) is 29.5 Å². The van der Waals surface area contributed by atoms with E-state index < -0.39 is 33.8 Å². The van der Waals surface area contributed by atoms with E-state index in [4.69, 9.17) is 25.5 Å². The number of carbonyl (C=O) groups is 1. The van der Waals surface area contributed by atoms with Crippen LogP contribution in [-0.4, -0.2) is 41.5 Å². The van der Waals surface area contributed by atoms with Crippen molar-refractivity contribution in [1.82, 2.24) is 19.3 Å². The summed E-state index contributed by atoms with van der Waals surface area (Å²) in [7, 11) is -3.91. The maximum atomic E-state index is 12.5. The molecule has 0 spiro atoms. The molecule has 0 radical (unpaired) electrons. The van der Waals surface area contributed by atoms with Gasteiger partial charge in [-0.25, -0.2) is 13.1 Å². The Balaban J connectivity index is 1.63. The summed E-state index contributed by atoms with van der Waals surface area (Å²) in [5, 5.41) is 3.67. The number of benzene rings is 2. The van der Waals surface area contributed by atoms with E-state index in [1.54, 1.807) is 35.1 Å². The Labute approximate surface area is 205 Å². The number of rotatable bonds is 8. The van der Waals surface area contributed by atoms with Crippen LogP contribution in [0.5, 0.6) is 23.3 Å². The topological polar surface area (TPSA) is 134 Å². The predicted octanol–water partition coefficient (Wildman–Crippen LogP) is 3.94. The number of amides is 1. The van der Waals surface area contributed by atoms with E-state index in [0.29, 0.717) is 5.75 Å². The Morgan fingerprint density at radius 2 is 1.89 bits per heavy atom. The largest absolute Gasteiger partial charge is 0.573 e. The highest BCUT2D eigenvalue weighted by molar-refractivity contribution is 7.89. The fraction of sp³-hybridized carbons (Fsp3) is 0.150. The maximum absolute atomic E-state index is 12.5. The Kier molecular flexibility index (Phi) is 6.69. The molecule has 0 aliphatic heterocycles. The number of nitrogens with zero attached hydrogens (tertiary/aromatic N) is 3. The lowest BCUT2D eigenvalue weighted by atomic mass is 10.3. The second kappa shape index (κ2) is 9.58. The summed E-state index contributed by atoms with van der Waals surface area (Å²) in [6, 6.07) is 11.3. The van der Waals surface area contributed by atoms with Crippen molar-refractivity contribution in [3.8, 4) is 23.3 Å². The highest BCUT2D eigenvalue weighted by Crippen LogP contribution is 2.34.